The van der Waals surface area contributed by atoms with Crippen molar-refractivity contribution in [2.24, 2.45) is 0 Å². The SMILES string of the molecule is CCCCCCCCCCCCCCCC[n+]1ccccc1.O.[Br-]. The Morgan fingerprint density at radius 3 is 1.33 bits per heavy atom. The van der Waals surface area contributed by atoms with Crippen LogP contribution in [0.15, 0.2) is 30.6 Å². The van der Waals surface area contributed by atoms with Crippen LogP contribution in [0.25, 0.3) is 0 Å². The fraction of sp³-hybridized carbons (Fsp3) is 0.762. The van der Waals surface area contributed by atoms with Crippen LogP contribution in [0.1, 0.15) is 96.8 Å². The van der Waals surface area contributed by atoms with Gasteiger partial charge < -0.3 is 22.5 Å². The van der Waals surface area contributed by atoms with Gasteiger partial charge in [0, 0.05) is 18.6 Å². The molecule has 0 aliphatic rings. The van der Waals surface area contributed by atoms with Crippen molar-refractivity contribution in [1.29, 1.82) is 0 Å². The molecule has 1 aromatic heterocycles. The highest BCUT2D eigenvalue weighted by atomic mass is 79.9. The molecule has 0 saturated heterocycles. The van der Waals surface area contributed by atoms with Crippen LogP contribution in [-0.4, -0.2) is 5.48 Å². The first-order chi connectivity index (χ1) is 10.9. The van der Waals surface area contributed by atoms with Crippen molar-refractivity contribution >= 4 is 0 Å². The fourth-order valence-corrected chi connectivity index (χ4v) is 3.07. The summed E-state index contributed by atoms with van der Waals surface area (Å²) in [5, 5.41) is 0. The third-order valence-electron chi connectivity index (χ3n) is 4.55. The zero-order valence-electron chi connectivity index (χ0n) is 15.8. The predicted molar refractivity (Wildman–Crippen MR) is 101 cm³/mol. The van der Waals surface area contributed by atoms with Gasteiger partial charge in [-0.05, 0) is 6.42 Å². The number of aromatic nitrogens is 1. The minimum absolute atomic E-state index is 0. The standard InChI is InChI=1S/C21H38N.BrH.H2O/c1-2-3-4-5-6-7-8-9-10-11-12-13-14-16-19-22-20-17-15-18-21-22;;/h15,17-18,20-21H,2-14,16,19H2,1H3;1H;1H2/q+1;;/p-1. The molecule has 0 radical (unpaired) electrons. The van der Waals surface area contributed by atoms with Gasteiger partial charge in [0.1, 0.15) is 6.54 Å². The molecule has 0 atom stereocenters. The molecule has 0 saturated carbocycles. The van der Waals surface area contributed by atoms with Crippen molar-refractivity contribution in [3.05, 3.63) is 30.6 Å². The van der Waals surface area contributed by atoms with Crippen molar-refractivity contribution in [2.45, 2.75) is 103 Å². The molecule has 1 rings (SSSR count). The first-order valence-corrected chi connectivity index (χ1v) is 9.87. The Kier molecular flexibility index (Phi) is 22.2. The molecule has 0 bridgehead atoms. The van der Waals surface area contributed by atoms with E-state index in [4.69, 9.17) is 0 Å². The highest BCUT2D eigenvalue weighted by Gasteiger charge is 1.98. The number of aryl methyl sites for hydroxylation is 1. The molecule has 142 valence electrons. The Bertz CT molecular complexity index is 332. The van der Waals surface area contributed by atoms with Crippen LogP contribution >= 0.6 is 0 Å². The topological polar surface area (TPSA) is 35.4 Å². The highest BCUT2D eigenvalue weighted by Crippen LogP contribution is 2.12. The van der Waals surface area contributed by atoms with Gasteiger partial charge in [0.15, 0.2) is 12.4 Å². The van der Waals surface area contributed by atoms with Gasteiger partial charge in [-0.15, -0.1) is 0 Å². The summed E-state index contributed by atoms with van der Waals surface area (Å²) in [4.78, 5) is 0. The number of halogens is 1. The monoisotopic (exact) mass is 401 g/mol. The number of unbranched alkanes of at least 4 members (excludes halogenated alkanes) is 13. The largest absolute Gasteiger partial charge is 1.00 e. The third-order valence-corrected chi connectivity index (χ3v) is 4.55. The van der Waals surface area contributed by atoms with E-state index in [9.17, 15) is 0 Å². The lowest BCUT2D eigenvalue weighted by atomic mass is 10.0. The van der Waals surface area contributed by atoms with Gasteiger partial charge in [-0.2, -0.15) is 0 Å². The van der Waals surface area contributed by atoms with Crippen molar-refractivity contribution in [1.82, 2.24) is 0 Å². The Hall–Kier alpha value is -0.410. The van der Waals surface area contributed by atoms with Crippen molar-refractivity contribution in [2.75, 3.05) is 0 Å². The van der Waals surface area contributed by atoms with Gasteiger partial charge in [0.25, 0.3) is 0 Å². The van der Waals surface area contributed by atoms with Crippen LogP contribution in [0.4, 0.5) is 0 Å². The molecule has 0 aliphatic heterocycles. The normalized spacial score (nSPS) is 10.0. The van der Waals surface area contributed by atoms with E-state index in [2.05, 4.69) is 42.1 Å². The summed E-state index contributed by atoms with van der Waals surface area (Å²) in [5.41, 5.74) is 0. The van der Waals surface area contributed by atoms with Crippen LogP contribution < -0.4 is 21.5 Å². The molecule has 24 heavy (non-hydrogen) atoms. The molecule has 0 aromatic carbocycles. The molecule has 0 spiro atoms. The molecule has 3 heteroatoms. The lowest BCUT2D eigenvalue weighted by molar-refractivity contribution is -0.697. The first-order valence-electron chi connectivity index (χ1n) is 9.87. The van der Waals surface area contributed by atoms with E-state index in [1.54, 1.807) is 0 Å². The summed E-state index contributed by atoms with van der Waals surface area (Å²) >= 11 is 0. The van der Waals surface area contributed by atoms with Gasteiger partial charge in [-0.25, -0.2) is 4.57 Å². The Labute approximate surface area is 161 Å². The summed E-state index contributed by atoms with van der Waals surface area (Å²) in [6.07, 6.45) is 24.4. The lowest BCUT2D eigenvalue weighted by Crippen LogP contribution is -3.00. The molecule has 1 heterocycles. The van der Waals surface area contributed by atoms with Crippen LogP contribution in [-0.2, 0) is 6.54 Å². The average molecular weight is 402 g/mol. The lowest BCUT2D eigenvalue weighted by Gasteiger charge is -2.02. The second-order valence-electron chi connectivity index (χ2n) is 6.71. The van der Waals surface area contributed by atoms with E-state index in [-0.39, 0.29) is 22.5 Å². The van der Waals surface area contributed by atoms with Crippen LogP contribution in [0.5, 0.6) is 0 Å². The van der Waals surface area contributed by atoms with Gasteiger partial charge in [-0.1, -0.05) is 90.0 Å². The summed E-state index contributed by atoms with van der Waals surface area (Å²) in [6, 6.07) is 6.31. The second-order valence-corrected chi connectivity index (χ2v) is 6.71. The number of hydrogen-bond donors (Lipinski definition) is 0. The van der Waals surface area contributed by atoms with Gasteiger partial charge >= 0.3 is 0 Å². The van der Waals surface area contributed by atoms with Crippen molar-refractivity contribution in [3.63, 3.8) is 0 Å². The average Bonchev–Trinajstić information content (AvgIpc) is 2.56. The van der Waals surface area contributed by atoms with Gasteiger partial charge in [-0.3, -0.25) is 0 Å². The Morgan fingerprint density at radius 1 is 0.542 bits per heavy atom. The number of rotatable bonds is 15. The number of pyridine rings is 1. The maximum atomic E-state index is 2.29. The summed E-state index contributed by atoms with van der Waals surface area (Å²) in [7, 11) is 0. The Morgan fingerprint density at radius 2 is 0.917 bits per heavy atom. The summed E-state index contributed by atoms with van der Waals surface area (Å²) in [5.74, 6) is 0. The van der Waals surface area contributed by atoms with Crippen molar-refractivity contribution in [3.8, 4) is 0 Å². The van der Waals surface area contributed by atoms with Gasteiger partial charge in [0.05, 0.1) is 0 Å². The first kappa shape index (κ1) is 25.8. The minimum atomic E-state index is 0. The summed E-state index contributed by atoms with van der Waals surface area (Å²) < 4.78 is 2.29. The molecular weight excluding hydrogens is 362 g/mol. The molecule has 0 amide bonds. The summed E-state index contributed by atoms with van der Waals surface area (Å²) in [6.45, 7) is 3.47. The van der Waals surface area contributed by atoms with E-state index < -0.39 is 0 Å². The number of hydrogen-bond acceptors (Lipinski definition) is 0. The maximum absolute atomic E-state index is 2.29. The number of nitrogens with zero attached hydrogens (tertiary/aromatic N) is 1. The van der Waals surface area contributed by atoms with Crippen LogP contribution in [0.3, 0.4) is 0 Å². The van der Waals surface area contributed by atoms with Crippen LogP contribution in [0, 0.1) is 0 Å². The molecule has 0 fully saturated rings. The molecule has 2 nitrogen and oxygen atoms in total. The highest BCUT2D eigenvalue weighted by molar-refractivity contribution is 4.83. The van der Waals surface area contributed by atoms with E-state index in [0.717, 1.165) is 0 Å². The third kappa shape index (κ3) is 16.4. The second kappa shape index (κ2) is 20.6. The molecular formula is C21H40BrNO. The zero-order chi connectivity index (χ0) is 15.7. The smallest absolute Gasteiger partial charge is 0.168 e. The molecule has 0 aliphatic carbocycles. The minimum Gasteiger partial charge on any atom is -1.00 e. The quantitative estimate of drug-likeness (QED) is 0.319. The van der Waals surface area contributed by atoms with Gasteiger partial charge in [0.2, 0.25) is 0 Å². The van der Waals surface area contributed by atoms with Crippen molar-refractivity contribution < 1.29 is 27.0 Å². The predicted octanol–water partition coefficient (Wildman–Crippen LogP) is 2.63. The molecule has 1 aromatic rings. The van der Waals surface area contributed by atoms with E-state index in [1.807, 2.05) is 0 Å². The van der Waals surface area contributed by atoms with Crippen LogP contribution in [0.2, 0.25) is 0 Å². The zero-order valence-corrected chi connectivity index (χ0v) is 17.4. The maximum Gasteiger partial charge on any atom is 0.168 e. The van der Waals surface area contributed by atoms with E-state index >= 15 is 0 Å². The van der Waals surface area contributed by atoms with E-state index in [1.165, 1.54) is 96.4 Å². The molecule has 0 unspecified atom stereocenters. The fourth-order valence-electron chi connectivity index (χ4n) is 3.07. The van der Waals surface area contributed by atoms with E-state index in [0.29, 0.717) is 0 Å². The Balaban J connectivity index is 0. The molecule has 2 N–H and O–H groups in total.